The van der Waals surface area contributed by atoms with E-state index in [2.05, 4.69) is 13.8 Å². The highest BCUT2D eigenvalue weighted by Gasteiger charge is 2.27. The Morgan fingerprint density at radius 3 is 1.08 bits per heavy atom. The summed E-state index contributed by atoms with van der Waals surface area (Å²) < 4.78 is 33.5. The lowest BCUT2D eigenvalue weighted by molar-refractivity contribution is -0.154. The van der Waals surface area contributed by atoms with Crippen LogP contribution in [0.2, 0.25) is 0 Å². The predicted octanol–water partition coefficient (Wildman–Crippen LogP) is 15.1. The van der Waals surface area contributed by atoms with Crippen LogP contribution in [0.15, 0.2) is 0 Å². The predicted molar refractivity (Wildman–Crippen MR) is 254 cm³/mol. The summed E-state index contributed by atoms with van der Waals surface area (Å²) in [5.74, 6) is -1.76. The third-order valence-electron chi connectivity index (χ3n) is 11.9. The van der Waals surface area contributed by atoms with Gasteiger partial charge in [0.2, 0.25) is 0 Å². The van der Waals surface area contributed by atoms with Gasteiger partial charge in [-0.3, -0.25) is 18.6 Å². The Labute approximate surface area is 376 Å². The van der Waals surface area contributed by atoms with Crippen molar-refractivity contribution in [3.63, 3.8) is 0 Å². The topological polar surface area (TPSA) is 155 Å². The highest BCUT2D eigenvalue weighted by Crippen LogP contribution is 2.43. The Bertz CT molecular complexity index is 987. The minimum Gasteiger partial charge on any atom is -0.480 e. The van der Waals surface area contributed by atoms with Gasteiger partial charge in [0.15, 0.2) is 0 Å². The van der Waals surface area contributed by atoms with Crippen molar-refractivity contribution in [2.24, 2.45) is 5.73 Å². The number of unbranched alkanes of at least 4 members (excludes halogenated alkanes) is 37. The number of carboxylic acids is 1. The molecule has 0 amide bonds. The number of nitrogens with two attached hydrogens (primary N) is 1. The Kier molecular flexibility index (Phi) is 46.2. The van der Waals surface area contributed by atoms with E-state index < -0.39 is 45.1 Å². The van der Waals surface area contributed by atoms with Crippen molar-refractivity contribution in [1.82, 2.24) is 0 Å². The lowest BCUT2D eigenvalue weighted by Gasteiger charge is -2.20. The third kappa shape index (κ3) is 46.8. The van der Waals surface area contributed by atoms with Gasteiger partial charge in [-0.05, 0) is 12.8 Å². The molecule has 3 atom stereocenters. The van der Waals surface area contributed by atoms with E-state index in [-0.39, 0.29) is 13.0 Å². The van der Waals surface area contributed by atoms with Crippen molar-refractivity contribution < 1.29 is 42.7 Å². The zero-order valence-electron chi connectivity index (χ0n) is 40.0. The zero-order valence-corrected chi connectivity index (χ0v) is 40.9. The average Bonchev–Trinajstić information content (AvgIpc) is 3.24. The van der Waals surface area contributed by atoms with Gasteiger partial charge in [0.25, 0.3) is 0 Å². The molecule has 0 saturated carbocycles. The lowest BCUT2D eigenvalue weighted by Crippen LogP contribution is -2.34. The number of phosphoric acid groups is 1. The first-order chi connectivity index (χ1) is 29.7. The van der Waals surface area contributed by atoms with E-state index in [9.17, 15) is 19.0 Å². The van der Waals surface area contributed by atoms with Gasteiger partial charge in [-0.15, -0.1) is 0 Å². The number of hydrogen-bond donors (Lipinski definition) is 3. The molecule has 10 nitrogen and oxygen atoms in total. The molecule has 11 heteroatoms. The van der Waals surface area contributed by atoms with Crippen molar-refractivity contribution in [2.75, 3.05) is 26.4 Å². The maximum atomic E-state index is 12.7. The van der Waals surface area contributed by atoms with Crippen LogP contribution < -0.4 is 5.73 Å². The van der Waals surface area contributed by atoms with E-state index >= 15 is 0 Å². The molecule has 0 aromatic rings. The molecule has 0 heterocycles. The number of carbonyl (C=O) groups is 2. The summed E-state index contributed by atoms with van der Waals surface area (Å²) in [7, 11) is -4.61. The number of ether oxygens (including phenoxy) is 2. The SMILES string of the molecule is CCCCCCCCCCCCCCCCCCCCCCCC(=O)O[C@H](COCCCCCCCCCCCCCCCCCCCC)COP(=O)(O)OC[C@H](N)C(=O)O. The minimum absolute atomic E-state index is 0.0264. The molecule has 0 aromatic carbocycles. The zero-order chi connectivity index (χ0) is 44.8. The van der Waals surface area contributed by atoms with Crippen LogP contribution in [0.1, 0.15) is 271 Å². The normalized spacial score (nSPS) is 13.6. The number of aliphatic carboxylic acids is 1. The summed E-state index contributed by atoms with van der Waals surface area (Å²) >= 11 is 0. The summed E-state index contributed by atoms with van der Waals surface area (Å²) in [6, 6.07) is -1.47. The molecule has 0 saturated heterocycles. The molecule has 0 bridgehead atoms. The smallest absolute Gasteiger partial charge is 0.472 e. The molecule has 0 aromatic heterocycles. The fraction of sp³-hybridized carbons (Fsp3) is 0.960. The Balaban J connectivity index is 4.07. The second-order valence-corrected chi connectivity index (χ2v) is 19.5. The van der Waals surface area contributed by atoms with E-state index in [1.165, 1.54) is 212 Å². The fourth-order valence-electron chi connectivity index (χ4n) is 7.84. The highest BCUT2D eigenvalue weighted by atomic mass is 31.2. The van der Waals surface area contributed by atoms with E-state index in [4.69, 9.17) is 29.4 Å². The van der Waals surface area contributed by atoms with Crippen LogP contribution in [0.3, 0.4) is 0 Å². The number of phosphoric ester groups is 1. The fourth-order valence-corrected chi connectivity index (χ4v) is 8.62. The summed E-state index contributed by atoms with van der Waals surface area (Å²) in [6.45, 7) is 3.96. The van der Waals surface area contributed by atoms with Gasteiger partial charge < -0.3 is 25.2 Å². The average molecular weight is 890 g/mol. The van der Waals surface area contributed by atoms with Crippen LogP contribution in [-0.4, -0.2) is 60.5 Å². The quantitative estimate of drug-likeness (QED) is 0.0305. The van der Waals surface area contributed by atoms with Crippen molar-refractivity contribution in [2.45, 2.75) is 283 Å². The molecule has 0 aliphatic rings. The first-order valence-electron chi connectivity index (χ1n) is 26.1. The Hall–Kier alpha value is -1.03. The maximum Gasteiger partial charge on any atom is 0.472 e. The molecule has 61 heavy (non-hydrogen) atoms. The van der Waals surface area contributed by atoms with E-state index in [0.29, 0.717) is 6.61 Å². The molecule has 1 unspecified atom stereocenters. The largest absolute Gasteiger partial charge is 0.480 e. The Morgan fingerprint density at radius 2 is 0.754 bits per heavy atom. The highest BCUT2D eigenvalue weighted by molar-refractivity contribution is 7.47. The van der Waals surface area contributed by atoms with Gasteiger partial charge in [0.1, 0.15) is 12.1 Å². The number of rotatable bonds is 51. The second kappa shape index (κ2) is 46.9. The summed E-state index contributed by atoms with van der Waals surface area (Å²) in [6.07, 6.45) is 50.2. The maximum absolute atomic E-state index is 12.7. The van der Waals surface area contributed by atoms with Crippen LogP contribution in [-0.2, 0) is 32.7 Å². The van der Waals surface area contributed by atoms with Crippen LogP contribution in [0.4, 0.5) is 0 Å². The van der Waals surface area contributed by atoms with Crippen molar-refractivity contribution >= 4 is 19.8 Å². The summed E-state index contributed by atoms with van der Waals surface area (Å²) in [5, 5.41) is 8.93. The first kappa shape index (κ1) is 60.0. The molecule has 364 valence electrons. The standard InChI is InChI=1S/C50H100NO9P/c1-3-5-7-9-11-13-15-17-19-21-23-24-25-26-28-30-32-34-36-38-40-42-49(52)60-47(45-58-61(55,56)59-46-48(51)50(53)54)44-57-43-41-39-37-35-33-31-29-27-22-20-18-16-14-12-10-8-6-4-2/h47-48H,3-46,51H2,1-2H3,(H,53,54)(H,55,56)/t47-,48+/m1/s1. The summed E-state index contributed by atoms with van der Waals surface area (Å²) in [5.41, 5.74) is 5.38. The van der Waals surface area contributed by atoms with Crippen LogP contribution >= 0.6 is 7.82 Å². The lowest BCUT2D eigenvalue weighted by atomic mass is 10.0. The van der Waals surface area contributed by atoms with Crippen molar-refractivity contribution in [1.29, 1.82) is 0 Å². The van der Waals surface area contributed by atoms with Crippen LogP contribution in [0.5, 0.6) is 0 Å². The molecular weight excluding hydrogens is 790 g/mol. The van der Waals surface area contributed by atoms with Crippen molar-refractivity contribution in [3.05, 3.63) is 0 Å². The number of carbonyl (C=O) groups excluding carboxylic acids is 1. The molecule has 0 fully saturated rings. The van der Waals surface area contributed by atoms with Gasteiger partial charge in [-0.25, -0.2) is 4.57 Å². The summed E-state index contributed by atoms with van der Waals surface area (Å²) in [4.78, 5) is 33.7. The third-order valence-corrected chi connectivity index (χ3v) is 12.8. The monoisotopic (exact) mass is 890 g/mol. The van der Waals surface area contributed by atoms with E-state index in [1.54, 1.807) is 0 Å². The van der Waals surface area contributed by atoms with Gasteiger partial charge in [-0.1, -0.05) is 251 Å². The molecule has 4 N–H and O–H groups in total. The van der Waals surface area contributed by atoms with Crippen molar-refractivity contribution in [3.8, 4) is 0 Å². The van der Waals surface area contributed by atoms with Crippen LogP contribution in [0.25, 0.3) is 0 Å². The molecule has 0 rings (SSSR count). The van der Waals surface area contributed by atoms with Gasteiger partial charge in [0.05, 0.1) is 19.8 Å². The molecule has 0 aliphatic carbocycles. The molecule has 0 radical (unpaired) electrons. The molecular formula is C50H100NO9P. The Morgan fingerprint density at radius 1 is 0.459 bits per heavy atom. The molecule has 0 spiro atoms. The second-order valence-electron chi connectivity index (χ2n) is 18.0. The van der Waals surface area contributed by atoms with E-state index in [1.807, 2.05) is 0 Å². The van der Waals surface area contributed by atoms with Gasteiger partial charge in [-0.2, -0.15) is 0 Å². The van der Waals surface area contributed by atoms with Gasteiger partial charge in [0, 0.05) is 13.0 Å². The van der Waals surface area contributed by atoms with E-state index in [0.717, 1.165) is 38.5 Å². The first-order valence-corrected chi connectivity index (χ1v) is 27.6. The minimum atomic E-state index is -4.61. The molecule has 0 aliphatic heterocycles. The number of carboxylic acid groups (broad SMARTS) is 1. The number of esters is 1. The number of hydrogen-bond acceptors (Lipinski definition) is 8. The van der Waals surface area contributed by atoms with Crippen LogP contribution in [0, 0.1) is 0 Å². The van der Waals surface area contributed by atoms with Gasteiger partial charge >= 0.3 is 19.8 Å².